The Bertz CT molecular complexity index is 870. The summed E-state index contributed by atoms with van der Waals surface area (Å²) in [4.78, 5) is 28.9. The van der Waals surface area contributed by atoms with E-state index in [1.165, 1.54) is 39.2 Å². The highest BCUT2D eigenvalue weighted by Crippen LogP contribution is 2.36. The first-order valence-electron chi connectivity index (χ1n) is 10.2. The predicted octanol–water partition coefficient (Wildman–Crippen LogP) is 3.33. The van der Waals surface area contributed by atoms with E-state index >= 15 is 0 Å². The summed E-state index contributed by atoms with van der Waals surface area (Å²) in [5.41, 5.74) is 0.701. The molecule has 0 spiro atoms. The van der Waals surface area contributed by atoms with Gasteiger partial charge in [-0.15, -0.1) is 10.2 Å². The standard InChI is InChI=1S/C21H26N4O3S/c1-28-20(27)17-10-6-5-9-16(17)19(26)24-11-13-25(14-12-24)21-23-22-18(29-21)15-7-3-2-4-8-15/h5-6,9-10,15H,2-4,7-8,11-14H2,1H3. The van der Waals surface area contributed by atoms with E-state index < -0.39 is 5.97 Å². The molecule has 0 unspecified atom stereocenters. The van der Waals surface area contributed by atoms with E-state index in [4.69, 9.17) is 4.74 Å². The molecule has 0 atom stereocenters. The minimum Gasteiger partial charge on any atom is -0.465 e. The van der Waals surface area contributed by atoms with Crippen LogP contribution in [0.15, 0.2) is 24.3 Å². The number of rotatable bonds is 4. The number of piperazine rings is 1. The van der Waals surface area contributed by atoms with Gasteiger partial charge in [-0.2, -0.15) is 0 Å². The van der Waals surface area contributed by atoms with Crippen molar-refractivity contribution in [1.29, 1.82) is 0 Å². The quantitative estimate of drug-likeness (QED) is 0.715. The fraction of sp³-hybridized carbons (Fsp3) is 0.524. The molecule has 8 heteroatoms. The van der Waals surface area contributed by atoms with Crippen molar-refractivity contribution in [2.75, 3.05) is 38.2 Å². The first kappa shape index (κ1) is 19.8. The lowest BCUT2D eigenvalue weighted by Crippen LogP contribution is -2.49. The number of nitrogens with zero attached hydrogens (tertiary/aromatic N) is 4. The highest BCUT2D eigenvalue weighted by atomic mass is 32.1. The summed E-state index contributed by atoms with van der Waals surface area (Å²) in [7, 11) is 1.33. The largest absolute Gasteiger partial charge is 0.465 e. The van der Waals surface area contributed by atoms with Crippen molar-refractivity contribution in [3.8, 4) is 0 Å². The molecule has 1 saturated heterocycles. The first-order chi connectivity index (χ1) is 14.2. The number of hydrogen-bond donors (Lipinski definition) is 0. The molecular formula is C21H26N4O3S. The third kappa shape index (κ3) is 4.27. The van der Waals surface area contributed by atoms with Gasteiger partial charge in [0.1, 0.15) is 5.01 Å². The molecule has 7 nitrogen and oxygen atoms in total. The van der Waals surface area contributed by atoms with Crippen LogP contribution >= 0.6 is 11.3 Å². The highest BCUT2D eigenvalue weighted by molar-refractivity contribution is 7.15. The molecule has 1 aromatic heterocycles. The van der Waals surface area contributed by atoms with Gasteiger partial charge in [0, 0.05) is 32.1 Å². The van der Waals surface area contributed by atoms with Crippen molar-refractivity contribution in [2.24, 2.45) is 0 Å². The van der Waals surface area contributed by atoms with Gasteiger partial charge in [-0.1, -0.05) is 42.7 Å². The number of aromatic nitrogens is 2. The second-order valence-electron chi connectivity index (χ2n) is 7.57. The smallest absolute Gasteiger partial charge is 0.338 e. The molecule has 1 aliphatic heterocycles. The molecule has 4 rings (SSSR count). The third-order valence-corrected chi connectivity index (χ3v) is 6.93. The maximum atomic E-state index is 13.0. The van der Waals surface area contributed by atoms with Crippen molar-refractivity contribution in [2.45, 2.75) is 38.0 Å². The van der Waals surface area contributed by atoms with E-state index in [1.807, 2.05) is 0 Å². The van der Waals surface area contributed by atoms with Crippen LogP contribution in [-0.2, 0) is 4.74 Å². The summed E-state index contributed by atoms with van der Waals surface area (Å²) in [6.45, 7) is 2.61. The number of hydrogen-bond acceptors (Lipinski definition) is 7. The fourth-order valence-electron chi connectivity index (χ4n) is 4.10. The molecule has 2 aliphatic rings. The molecule has 2 heterocycles. The van der Waals surface area contributed by atoms with Gasteiger partial charge in [-0.05, 0) is 25.0 Å². The topological polar surface area (TPSA) is 75.6 Å². The average Bonchev–Trinajstić information content (AvgIpc) is 3.29. The van der Waals surface area contributed by atoms with Crippen LogP contribution in [0.2, 0.25) is 0 Å². The van der Waals surface area contributed by atoms with Gasteiger partial charge in [0.25, 0.3) is 5.91 Å². The van der Waals surface area contributed by atoms with Gasteiger partial charge < -0.3 is 14.5 Å². The molecule has 1 aliphatic carbocycles. The Labute approximate surface area is 174 Å². The highest BCUT2D eigenvalue weighted by Gasteiger charge is 2.28. The molecule has 1 aromatic carbocycles. The van der Waals surface area contributed by atoms with Crippen LogP contribution in [0.5, 0.6) is 0 Å². The number of carbonyl (C=O) groups excluding carboxylic acids is 2. The van der Waals surface area contributed by atoms with E-state index in [9.17, 15) is 9.59 Å². The third-order valence-electron chi connectivity index (χ3n) is 5.78. The normalized spacial score (nSPS) is 18.0. The molecule has 0 bridgehead atoms. The molecular weight excluding hydrogens is 388 g/mol. The summed E-state index contributed by atoms with van der Waals surface area (Å²) >= 11 is 1.70. The molecule has 2 aromatic rings. The van der Waals surface area contributed by atoms with Crippen LogP contribution in [0, 0.1) is 0 Å². The number of ether oxygens (including phenoxy) is 1. The van der Waals surface area contributed by atoms with Crippen LogP contribution in [0.3, 0.4) is 0 Å². The van der Waals surface area contributed by atoms with Gasteiger partial charge in [0.05, 0.1) is 18.2 Å². The Kier molecular flexibility index (Phi) is 6.08. The molecule has 1 saturated carbocycles. The van der Waals surface area contributed by atoms with E-state index in [2.05, 4.69) is 15.1 Å². The maximum Gasteiger partial charge on any atom is 0.338 e. The summed E-state index contributed by atoms with van der Waals surface area (Å²) < 4.78 is 4.81. The van der Waals surface area contributed by atoms with Crippen molar-refractivity contribution in [3.63, 3.8) is 0 Å². The van der Waals surface area contributed by atoms with Gasteiger partial charge in [0.2, 0.25) is 5.13 Å². The SMILES string of the molecule is COC(=O)c1ccccc1C(=O)N1CCN(c2nnc(C3CCCCC3)s2)CC1. The maximum absolute atomic E-state index is 13.0. The zero-order valence-electron chi connectivity index (χ0n) is 16.7. The van der Waals surface area contributed by atoms with Crippen molar-refractivity contribution >= 4 is 28.3 Å². The lowest BCUT2D eigenvalue weighted by molar-refractivity contribution is 0.0589. The first-order valence-corrected chi connectivity index (χ1v) is 11.0. The van der Waals surface area contributed by atoms with Crippen LogP contribution in [0.4, 0.5) is 5.13 Å². The molecule has 2 fully saturated rings. The Hall–Kier alpha value is -2.48. The second kappa shape index (κ2) is 8.90. The van der Waals surface area contributed by atoms with E-state index in [0.29, 0.717) is 43.2 Å². The van der Waals surface area contributed by atoms with Gasteiger partial charge in [-0.25, -0.2) is 4.79 Å². The summed E-state index contributed by atoms with van der Waals surface area (Å²) in [6.07, 6.45) is 6.34. The fourth-order valence-corrected chi connectivity index (χ4v) is 5.16. The lowest BCUT2D eigenvalue weighted by atomic mass is 9.90. The number of amides is 1. The molecule has 154 valence electrons. The Morgan fingerprint density at radius 2 is 1.69 bits per heavy atom. The van der Waals surface area contributed by atoms with E-state index in [1.54, 1.807) is 40.5 Å². The summed E-state index contributed by atoms with van der Waals surface area (Å²) in [6, 6.07) is 6.82. The van der Waals surface area contributed by atoms with Crippen LogP contribution in [0.1, 0.15) is 63.7 Å². The van der Waals surface area contributed by atoms with Crippen molar-refractivity contribution in [1.82, 2.24) is 15.1 Å². The predicted molar refractivity (Wildman–Crippen MR) is 112 cm³/mol. The number of carbonyl (C=O) groups is 2. The number of anilines is 1. The van der Waals surface area contributed by atoms with Crippen LogP contribution in [0.25, 0.3) is 0 Å². The van der Waals surface area contributed by atoms with Gasteiger partial charge in [0.15, 0.2) is 0 Å². The molecule has 29 heavy (non-hydrogen) atoms. The summed E-state index contributed by atoms with van der Waals surface area (Å²) in [5, 5.41) is 11.0. The Balaban J connectivity index is 1.39. The monoisotopic (exact) mass is 414 g/mol. The zero-order valence-corrected chi connectivity index (χ0v) is 17.5. The minimum atomic E-state index is -0.489. The molecule has 0 N–H and O–H groups in total. The summed E-state index contributed by atoms with van der Waals surface area (Å²) in [5.74, 6) is -0.0600. The van der Waals surface area contributed by atoms with Gasteiger partial charge >= 0.3 is 5.97 Å². The number of methoxy groups -OCH3 is 1. The zero-order chi connectivity index (χ0) is 20.2. The Morgan fingerprint density at radius 3 is 2.38 bits per heavy atom. The Morgan fingerprint density at radius 1 is 1.00 bits per heavy atom. The second-order valence-corrected chi connectivity index (χ2v) is 8.56. The molecule has 1 amide bonds. The van der Waals surface area contributed by atoms with Crippen LogP contribution < -0.4 is 4.90 Å². The average molecular weight is 415 g/mol. The lowest BCUT2D eigenvalue weighted by Gasteiger charge is -2.34. The van der Waals surface area contributed by atoms with Gasteiger partial charge in [-0.3, -0.25) is 4.79 Å². The van der Waals surface area contributed by atoms with E-state index in [0.717, 1.165) is 10.1 Å². The molecule has 0 radical (unpaired) electrons. The van der Waals surface area contributed by atoms with E-state index in [-0.39, 0.29) is 5.91 Å². The minimum absolute atomic E-state index is 0.134. The number of esters is 1. The van der Waals surface area contributed by atoms with Crippen LogP contribution in [-0.4, -0.2) is 60.3 Å². The number of benzene rings is 1. The van der Waals surface area contributed by atoms with Crippen molar-refractivity contribution < 1.29 is 14.3 Å². The van der Waals surface area contributed by atoms with Crippen molar-refractivity contribution in [3.05, 3.63) is 40.4 Å².